The van der Waals surface area contributed by atoms with E-state index < -0.39 is 12.0 Å². The topological polar surface area (TPSA) is 95.6 Å². The van der Waals surface area contributed by atoms with Crippen LogP contribution in [-0.4, -0.2) is 58.8 Å². The second-order valence-corrected chi connectivity index (χ2v) is 8.18. The maximum atomic E-state index is 13.6. The van der Waals surface area contributed by atoms with Crippen LogP contribution in [0.2, 0.25) is 0 Å². The average molecular weight is 487 g/mol. The molecule has 3 rings (SSSR count). The summed E-state index contributed by atoms with van der Waals surface area (Å²) in [6, 6.07) is 8.33. The molecule has 1 saturated heterocycles. The van der Waals surface area contributed by atoms with E-state index in [0.29, 0.717) is 41.0 Å². The Morgan fingerprint density at radius 3 is 2.11 bits per heavy atom. The minimum atomic E-state index is -0.639. The number of anilines is 1. The summed E-state index contributed by atoms with van der Waals surface area (Å²) in [5.41, 5.74) is 1.21. The zero-order valence-electron chi connectivity index (χ0n) is 21.2. The molecule has 9 heteroatoms. The Labute approximate surface area is 206 Å². The zero-order valence-corrected chi connectivity index (χ0v) is 21.2. The number of nitrogens with zero attached hydrogens (tertiary/aromatic N) is 1. The van der Waals surface area contributed by atoms with Crippen LogP contribution in [0.15, 0.2) is 30.3 Å². The van der Waals surface area contributed by atoms with E-state index in [1.807, 2.05) is 12.1 Å². The van der Waals surface area contributed by atoms with Gasteiger partial charge in [-0.05, 0) is 12.5 Å². The van der Waals surface area contributed by atoms with Gasteiger partial charge in [-0.3, -0.25) is 9.59 Å². The highest BCUT2D eigenvalue weighted by atomic mass is 16.5. The molecule has 1 heterocycles. The molecule has 2 atom stereocenters. The molecule has 35 heavy (non-hydrogen) atoms. The molecule has 0 radical (unpaired) electrons. The third-order valence-electron chi connectivity index (χ3n) is 6.21. The number of para-hydroxylation sites is 1. The minimum absolute atomic E-state index is 0.0710. The fourth-order valence-electron chi connectivity index (χ4n) is 4.54. The number of hydrogen-bond acceptors (Lipinski definition) is 7. The van der Waals surface area contributed by atoms with Gasteiger partial charge in [-0.15, -0.1) is 0 Å². The van der Waals surface area contributed by atoms with Gasteiger partial charge in [0.25, 0.3) is 0 Å². The van der Waals surface area contributed by atoms with E-state index in [4.69, 9.17) is 23.7 Å². The molecule has 1 aliphatic heterocycles. The highest BCUT2D eigenvalue weighted by molar-refractivity contribution is 5.98. The fraction of sp³-hybridized carbons (Fsp3) is 0.462. The van der Waals surface area contributed by atoms with Crippen LogP contribution < -0.4 is 29.0 Å². The van der Waals surface area contributed by atoms with Crippen molar-refractivity contribution >= 4 is 17.5 Å². The normalized spacial score (nSPS) is 17.2. The van der Waals surface area contributed by atoms with Crippen molar-refractivity contribution in [3.8, 4) is 28.7 Å². The highest BCUT2D eigenvalue weighted by Gasteiger charge is 2.45. The van der Waals surface area contributed by atoms with Crippen LogP contribution in [-0.2, 0) is 9.59 Å². The summed E-state index contributed by atoms with van der Waals surface area (Å²) >= 11 is 0. The molecule has 0 spiro atoms. The van der Waals surface area contributed by atoms with E-state index in [0.717, 1.165) is 18.4 Å². The lowest BCUT2D eigenvalue weighted by molar-refractivity contribution is -0.129. The lowest BCUT2D eigenvalue weighted by Crippen LogP contribution is -2.33. The number of hydrogen-bond donors (Lipinski definition) is 1. The molecule has 190 valence electrons. The molecule has 0 aliphatic carbocycles. The number of likely N-dealkylation sites (tertiary alicyclic amines) is 1. The molecule has 2 amide bonds. The summed E-state index contributed by atoms with van der Waals surface area (Å²) in [6.45, 7) is 2.62. The molecule has 2 aromatic carbocycles. The van der Waals surface area contributed by atoms with Crippen LogP contribution in [0.4, 0.5) is 5.69 Å². The van der Waals surface area contributed by atoms with Gasteiger partial charge in [-0.2, -0.15) is 0 Å². The monoisotopic (exact) mass is 486 g/mol. The molecule has 1 N–H and O–H groups in total. The van der Waals surface area contributed by atoms with Gasteiger partial charge in [0, 0.05) is 36.3 Å². The van der Waals surface area contributed by atoms with Crippen molar-refractivity contribution in [3.63, 3.8) is 0 Å². The number of benzene rings is 2. The van der Waals surface area contributed by atoms with Crippen LogP contribution in [0.3, 0.4) is 0 Å². The first-order valence-electron chi connectivity index (χ1n) is 11.5. The van der Waals surface area contributed by atoms with Crippen LogP contribution in [0.25, 0.3) is 0 Å². The number of nitrogens with one attached hydrogen (secondary N) is 1. The second-order valence-electron chi connectivity index (χ2n) is 8.18. The molecule has 1 fully saturated rings. The van der Waals surface area contributed by atoms with Crippen LogP contribution in [0.1, 0.15) is 37.8 Å². The highest BCUT2D eigenvalue weighted by Crippen LogP contribution is 2.46. The Morgan fingerprint density at radius 2 is 1.57 bits per heavy atom. The summed E-state index contributed by atoms with van der Waals surface area (Å²) in [6.07, 6.45) is 1.84. The predicted molar refractivity (Wildman–Crippen MR) is 132 cm³/mol. The summed E-state index contributed by atoms with van der Waals surface area (Å²) < 4.78 is 27.3. The first-order chi connectivity index (χ1) is 16.9. The Morgan fingerprint density at radius 1 is 0.943 bits per heavy atom. The SMILES string of the molecule is CCCCN1C(=O)CC(C(=O)Nc2cc(OC)c(OC)c(OC)c2)C1c1cccc(OC)c1OC. The lowest BCUT2D eigenvalue weighted by atomic mass is 9.91. The summed E-state index contributed by atoms with van der Waals surface area (Å²) in [4.78, 5) is 28.5. The third-order valence-corrected chi connectivity index (χ3v) is 6.21. The van der Waals surface area contributed by atoms with Gasteiger partial charge in [-0.25, -0.2) is 0 Å². The summed E-state index contributed by atoms with van der Waals surface area (Å²) in [5.74, 6) is 1.32. The number of rotatable bonds is 11. The fourth-order valence-corrected chi connectivity index (χ4v) is 4.54. The number of amides is 2. The minimum Gasteiger partial charge on any atom is -0.493 e. The van der Waals surface area contributed by atoms with E-state index in [1.165, 1.54) is 21.3 Å². The molecule has 2 aromatic rings. The molecule has 0 bridgehead atoms. The maximum Gasteiger partial charge on any atom is 0.230 e. The number of carbonyl (C=O) groups excluding carboxylic acids is 2. The van der Waals surface area contributed by atoms with Crippen molar-refractivity contribution in [2.45, 2.75) is 32.2 Å². The number of carbonyl (C=O) groups is 2. The first kappa shape index (κ1) is 26.0. The van der Waals surface area contributed by atoms with Crippen molar-refractivity contribution < 1.29 is 33.3 Å². The molecule has 9 nitrogen and oxygen atoms in total. The Bertz CT molecular complexity index is 1030. The van der Waals surface area contributed by atoms with E-state index in [-0.39, 0.29) is 18.2 Å². The number of unbranched alkanes of at least 4 members (excludes halogenated alkanes) is 1. The van der Waals surface area contributed by atoms with Gasteiger partial charge in [0.15, 0.2) is 23.0 Å². The van der Waals surface area contributed by atoms with Gasteiger partial charge in [-0.1, -0.05) is 25.5 Å². The van der Waals surface area contributed by atoms with E-state index in [9.17, 15) is 9.59 Å². The van der Waals surface area contributed by atoms with Gasteiger partial charge in [0.1, 0.15) is 0 Å². The Kier molecular flexibility index (Phi) is 8.68. The predicted octanol–water partition coefficient (Wildman–Crippen LogP) is 4.06. The van der Waals surface area contributed by atoms with Crippen LogP contribution >= 0.6 is 0 Å². The van der Waals surface area contributed by atoms with E-state index >= 15 is 0 Å². The van der Waals surface area contributed by atoms with Crippen LogP contribution in [0.5, 0.6) is 28.7 Å². The molecule has 0 saturated carbocycles. The molecular formula is C26H34N2O7. The van der Waals surface area contributed by atoms with Crippen molar-refractivity contribution in [3.05, 3.63) is 35.9 Å². The quantitative estimate of drug-likeness (QED) is 0.512. The van der Waals surface area contributed by atoms with Gasteiger partial charge in [0.05, 0.1) is 47.5 Å². The molecule has 2 unspecified atom stereocenters. The number of methoxy groups -OCH3 is 5. The number of ether oxygens (including phenoxy) is 5. The first-order valence-corrected chi connectivity index (χ1v) is 11.5. The molecule has 0 aromatic heterocycles. The Balaban J connectivity index is 2.01. The van der Waals surface area contributed by atoms with E-state index in [2.05, 4.69) is 12.2 Å². The smallest absolute Gasteiger partial charge is 0.230 e. The third kappa shape index (κ3) is 5.23. The van der Waals surface area contributed by atoms with Crippen molar-refractivity contribution in [1.82, 2.24) is 4.90 Å². The molecular weight excluding hydrogens is 452 g/mol. The van der Waals surface area contributed by atoms with Gasteiger partial charge >= 0.3 is 0 Å². The standard InChI is InChI=1S/C26H34N2O7/c1-7-8-12-28-22(29)15-18(23(28)17-10-9-11-19(31-2)24(17)34-5)26(30)27-16-13-20(32-3)25(35-6)21(14-16)33-4/h9-11,13-14,18,23H,7-8,12,15H2,1-6H3,(H,27,30). The summed E-state index contributed by atoms with van der Waals surface area (Å²) in [5, 5.41) is 2.94. The van der Waals surface area contributed by atoms with Crippen molar-refractivity contribution in [2.24, 2.45) is 5.92 Å². The van der Waals surface area contributed by atoms with Gasteiger partial charge < -0.3 is 33.9 Å². The van der Waals surface area contributed by atoms with Crippen molar-refractivity contribution in [1.29, 1.82) is 0 Å². The maximum absolute atomic E-state index is 13.6. The average Bonchev–Trinajstić information content (AvgIpc) is 3.21. The zero-order chi connectivity index (χ0) is 25.5. The van der Waals surface area contributed by atoms with Crippen LogP contribution in [0, 0.1) is 5.92 Å². The molecule has 1 aliphatic rings. The summed E-state index contributed by atoms with van der Waals surface area (Å²) in [7, 11) is 7.65. The van der Waals surface area contributed by atoms with E-state index in [1.54, 1.807) is 37.3 Å². The lowest BCUT2D eigenvalue weighted by Gasteiger charge is -2.30. The Hall–Kier alpha value is -3.62. The van der Waals surface area contributed by atoms with Gasteiger partial charge in [0.2, 0.25) is 17.6 Å². The van der Waals surface area contributed by atoms with Crippen molar-refractivity contribution in [2.75, 3.05) is 47.4 Å². The largest absolute Gasteiger partial charge is 0.493 e. The second kappa shape index (κ2) is 11.7.